The van der Waals surface area contributed by atoms with Gasteiger partial charge in [0, 0.05) is 36.1 Å². The molecule has 0 radical (unpaired) electrons. The molecule has 46 heavy (non-hydrogen) atoms. The minimum Gasteiger partial charge on any atom is -0.493 e. The molecule has 1 spiro atoms. The Hall–Kier alpha value is -3.51. The number of alkyl halides is 3. The number of likely N-dealkylation sites (tertiary alicyclic amines) is 2. The maximum absolute atomic E-state index is 10.6. The lowest BCUT2D eigenvalue weighted by Gasteiger charge is -2.54. The Bertz CT molecular complexity index is 1480. The van der Waals surface area contributed by atoms with Crippen molar-refractivity contribution in [2.75, 3.05) is 58.8 Å². The van der Waals surface area contributed by atoms with E-state index < -0.39 is 12.1 Å². The van der Waals surface area contributed by atoms with Crippen LogP contribution in [0.5, 0.6) is 11.5 Å². The van der Waals surface area contributed by atoms with Gasteiger partial charge in [-0.3, -0.25) is 0 Å². The fraction of sp³-hybridized carbons (Fsp3) is 0.588. The van der Waals surface area contributed by atoms with E-state index >= 15 is 0 Å². The Morgan fingerprint density at radius 1 is 1.11 bits per heavy atom. The Balaban J connectivity index is 0.000000537. The van der Waals surface area contributed by atoms with Crippen molar-refractivity contribution in [1.82, 2.24) is 14.8 Å². The third-order valence-corrected chi connectivity index (χ3v) is 9.66. The molecule has 1 unspecified atom stereocenters. The number of pyridine rings is 1. The number of methoxy groups -OCH3 is 1. The van der Waals surface area contributed by atoms with E-state index in [4.69, 9.17) is 28.8 Å². The lowest BCUT2D eigenvalue weighted by atomic mass is 9.59. The molecule has 0 amide bonds. The summed E-state index contributed by atoms with van der Waals surface area (Å²) in [7, 11) is 3.96. The van der Waals surface area contributed by atoms with E-state index in [1.54, 1.807) is 7.11 Å². The normalized spacial score (nSPS) is 19.8. The number of aryl methyl sites for hydroxylation is 1. The highest BCUT2D eigenvalue weighted by Gasteiger charge is 2.48. The Morgan fingerprint density at radius 3 is 2.41 bits per heavy atom. The molecule has 4 heterocycles. The molecule has 2 aliphatic heterocycles. The van der Waals surface area contributed by atoms with Gasteiger partial charge in [-0.25, -0.2) is 9.78 Å². The van der Waals surface area contributed by atoms with Crippen LogP contribution in [0.4, 0.5) is 18.9 Å². The van der Waals surface area contributed by atoms with E-state index in [0.29, 0.717) is 18.1 Å². The van der Waals surface area contributed by atoms with E-state index in [1.165, 1.54) is 64.7 Å². The van der Waals surface area contributed by atoms with Gasteiger partial charge in [0.15, 0.2) is 17.3 Å². The predicted octanol–water partition coefficient (Wildman–Crippen LogP) is 6.85. The fourth-order valence-electron chi connectivity index (χ4n) is 6.71. The highest BCUT2D eigenvalue weighted by molar-refractivity contribution is 5.96. The Morgan fingerprint density at radius 2 is 1.83 bits per heavy atom. The molecule has 3 aliphatic rings. The molecule has 1 saturated carbocycles. The van der Waals surface area contributed by atoms with Crippen molar-refractivity contribution in [1.29, 1.82) is 0 Å². The third kappa shape index (κ3) is 7.88. The van der Waals surface area contributed by atoms with Crippen LogP contribution in [0.2, 0.25) is 0 Å². The van der Waals surface area contributed by atoms with Crippen LogP contribution in [0.15, 0.2) is 34.7 Å². The van der Waals surface area contributed by atoms with Gasteiger partial charge in [0.1, 0.15) is 11.5 Å². The molecule has 12 heteroatoms. The zero-order chi connectivity index (χ0) is 32.9. The smallest absolute Gasteiger partial charge is 0.490 e. The predicted molar refractivity (Wildman–Crippen MR) is 171 cm³/mol. The minimum absolute atomic E-state index is 0.394. The van der Waals surface area contributed by atoms with Crippen LogP contribution in [-0.2, 0) is 11.2 Å². The first-order chi connectivity index (χ1) is 22.0. The van der Waals surface area contributed by atoms with Crippen molar-refractivity contribution in [2.24, 2.45) is 5.41 Å². The van der Waals surface area contributed by atoms with Gasteiger partial charge in [-0.05, 0) is 108 Å². The number of nitrogens with one attached hydrogen (secondary N) is 1. The van der Waals surface area contributed by atoms with Crippen LogP contribution >= 0.6 is 0 Å². The molecule has 2 aromatic heterocycles. The highest BCUT2D eigenvalue weighted by Crippen LogP contribution is 2.51. The monoisotopic (exact) mass is 646 g/mol. The molecule has 1 aliphatic carbocycles. The van der Waals surface area contributed by atoms with Gasteiger partial charge in [-0.15, -0.1) is 0 Å². The maximum Gasteiger partial charge on any atom is 0.490 e. The van der Waals surface area contributed by atoms with Crippen LogP contribution in [0.25, 0.3) is 22.4 Å². The number of carbonyl (C=O) groups is 1. The number of hydrogen-bond acceptors (Lipinski definition) is 8. The van der Waals surface area contributed by atoms with Crippen LogP contribution < -0.4 is 14.8 Å². The van der Waals surface area contributed by atoms with Gasteiger partial charge in [0.2, 0.25) is 0 Å². The number of hydrogen-bond donors (Lipinski definition) is 2. The molecule has 2 saturated heterocycles. The van der Waals surface area contributed by atoms with Crippen molar-refractivity contribution in [3.63, 3.8) is 0 Å². The number of furan rings is 1. The number of carboxylic acid groups (broad SMARTS) is 1. The molecule has 0 bridgehead atoms. The number of benzene rings is 1. The molecule has 6 rings (SSSR count). The summed E-state index contributed by atoms with van der Waals surface area (Å²) in [6, 6.07) is 10.9. The number of rotatable bonds is 10. The summed E-state index contributed by atoms with van der Waals surface area (Å²) in [5.41, 5.74) is 3.25. The fourth-order valence-corrected chi connectivity index (χ4v) is 6.71. The summed E-state index contributed by atoms with van der Waals surface area (Å²) < 4.78 is 50.0. The van der Waals surface area contributed by atoms with Crippen molar-refractivity contribution >= 4 is 22.6 Å². The molecule has 3 aromatic rings. The number of carboxylic acids is 1. The van der Waals surface area contributed by atoms with Crippen LogP contribution in [0.3, 0.4) is 0 Å². The zero-order valence-electron chi connectivity index (χ0n) is 26.9. The molecule has 2 N–H and O–H groups in total. The number of aromatic nitrogens is 1. The second-order valence-electron chi connectivity index (χ2n) is 12.6. The number of anilines is 1. The SMILES string of the molecule is CCc1ccc(-c2cc(NC3CCC34CCN(C)CC4)c3cc(OC)c(OCCCN4CCCC4)cc3n2)o1.O=C(O)C(F)(F)F. The van der Waals surface area contributed by atoms with Gasteiger partial charge in [-0.2, -0.15) is 13.2 Å². The average Bonchev–Trinajstić information content (AvgIpc) is 3.74. The standard InChI is InChI=1S/C32H44N4O3.C2HF3O2/c1-4-23-8-9-28(39-23)27-21-25(34-31-10-11-32(31)12-17-35(2)18-13-32)24-20-29(37-3)30(22-26(24)33-27)38-19-7-16-36-14-5-6-15-36;3-2(4,5)1(6)7/h8-9,20-22,31H,4-7,10-19H2,1-3H3,(H,33,34);(H,6,7). The minimum atomic E-state index is -5.08. The topological polar surface area (TPSA) is 100 Å². The molecule has 1 atom stereocenters. The Kier molecular flexibility index (Phi) is 10.7. The van der Waals surface area contributed by atoms with E-state index in [9.17, 15) is 13.2 Å². The van der Waals surface area contributed by atoms with Gasteiger partial charge < -0.3 is 34.1 Å². The van der Waals surface area contributed by atoms with Gasteiger partial charge in [0.25, 0.3) is 0 Å². The Labute approximate surface area is 268 Å². The summed E-state index contributed by atoms with van der Waals surface area (Å²) in [4.78, 5) is 18.9. The van der Waals surface area contributed by atoms with E-state index in [0.717, 1.165) is 64.7 Å². The highest BCUT2D eigenvalue weighted by atomic mass is 19.4. The quantitative estimate of drug-likeness (QED) is 0.229. The van der Waals surface area contributed by atoms with Gasteiger partial charge in [-0.1, -0.05) is 6.92 Å². The second kappa shape index (κ2) is 14.5. The second-order valence-corrected chi connectivity index (χ2v) is 12.6. The molecule has 1 aromatic carbocycles. The van der Waals surface area contributed by atoms with E-state index in [2.05, 4.69) is 53.4 Å². The largest absolute Gasteiger partial charge is 0.493 e. The van der Waals surface area contributed by atoms with Crippen molar-refractivity contribution in [2.45, 2.75) is 70.5 Å². The van der Waals surface area contributed by atoms with Crippen LogP contribution in [0.1, 0.15) is 57.6 Å². The number of fused-ring (bicyclic) bond motifs is 1. The number of piperidine rings is 1. The third-order valence-electron chi connectivity index (χ3n) is 9.66. The van der Waals surface area contributed by atoms with Crippen molar-refractivity contribution in [3.8, 4) is 23.0 Å². The first kappa shape index (κ1) is 33.8. The summed E-state index contributed by atoms with van der Waals surface area (Å²) in [6.07, 6.45) is 4.46. The molecular formula is C34H45F3N4O5. The molecule has 252 valence electrons. The lowest BCUT2D eigenvalue weighted by Crippen LogP contribution is -2.54. The van der Waals surface area contributed by atoms with Crippen molar-refractivity contribution < 1.29 is 37.0 Å². The molecule has 3 fully saturated rings. The van der Waals surface area contributed by atoms with E-state index in [1.807, 2.05) is 6.07 Å². The molecule has 9 nitrogen and oxygen atoms in total. The summed E-state index contributed by atoms with van der Waals surface area (Å²) in [6.45, 7) is 8.66. The summed E-state index contributed by atoms with van der Waals surface area (Å²) >= 11 is 0. The summed E-state index contributed by atoms with van der Waals surface area (Å²) in [5, 5.41) is 12.2. The number of aliphatic carboxylic acids is 1. The lowest BCUT2D eigenvalue weighted by molar-refractivity contribution is -0.192. The molecular weight excluding hydrogens is 601 g/mol. The maximum atomic E-state index is 10.6. The first-order valence-corrected chi connectivity index (χ1v) is 16.2. The first-order valence-electron chi connectivity index (χ1n) is 16.2. The van der Waals surface area contributed by atoms with Crippen LogP contribution in [0, 0.1) is 5.41 Å². The number of ether oxygens (including phenoxy) is 2. The summed E-state index contributed by atoms with van der Waals surface area (Å²) in [5.74, 6) is 0.541. The van der Waals surface area contributed by atoms with Gasteiger partial charge >= 0.3 is 12.1 Å². The number of halogens is 3. The van der Waals surface area contributed by atoms with Gasteiger partial charge in [0.05, 0.1) is 19.2 Å². The van der Waals surface area contributed by atoms with E-state index in [-0.39, 0.29) is 0 Å². The zero-order valence-corrected chi connectivity index (χ0v) is 26.9. The van der Waals surface area contributed by atoms with Crippen LogP contribution in [-0.4, -0.2) is 91.6 Å². The average molecular weight is 647 g/mol. The van der Waals surface area contributed by atoms with Crippen molar-refractivity contribution in [3.05, 3.63) is 36.1 Å². The number of nitrogens with zero attached hydrogens (tertiary/aromatic N) is 3.